The number of nitrogens with zero attached hydrogens (tertiary/aromatic N) is 1. The number of aliphatic hydroxyl groups is 1. The second kappa shape index (κ2) is 10.8. The first-order chi connectivity index (χ1) is 8.83. The highest BCUT2D eigenvalue weighted by atomic mass is 16.3. The first kappa shape index (κ1) is 15.9. The van der Waals surface area contributed by atoms with E-state index in [1.54, 1.807) is 0 Å². The summed E-state index contributed by atoms with van der Waals surface area (Å²) in [5.74, 6) is 0. The minimum Gasteiger partial charge on any atom is -0.390 e. The van der Waals surface area contributed by atoms with Gasteiger partial charge in [0.25, 0.3) is 0 Å². The van der Waals surface area contributed by atoms with Gasteiger partial charge in [0.2, 0.25) is 0 Å². The van der Waals surface area contributed by atoms with Crippen LogP contribution in [0.25, 0.3) is 0 Å². The Bertz CT molecular complexity index is 181. The summed E-state index contributed by atoms with van der Waals surface area (Å²) in [6.07, 6.45) is 10.4. The van der Waals surface area contributed by atoms with Crippen LogP contribution in [0.1, 0.15) is 58.3 Å². The molecule has 0 aromatic heterocycles. The van der Waals surface area contributed by atoms with E-state index in [-0.39, 0.29) is 6.10 Å². The molecule has 1 aliphatic heterocycles. The molecule has 1 fully saturated rings. The molecule has 0 amide bonds. The van der Waals surface area contributed by atoms with Crippen molar-refractivity contribution in [3.8, 4) is 0 Å². The molecule has 3 heteroatoms. The maximum Gasteiger partial charge on any atom is 0.0791 e. The molecule has 1 saturated heterocycles. The summed E-state index contributed by atoms with van der Waals surface area (Å²) in [7, 11) is 0. The van der Waals surface area contributed by atoms with E-state index in [2.05, 4.69) is 17.1 Å². The number of rotatable bonds is 11. The lowest BCUT2D eigenvalue weighted by atomic mass is 10.1. The van der Waals surface area contributed by atoms with Gasteiger partial charge in [-0.15, -0.1) is 0 Å². The van der Waals surface area contributed by atoms with Crippen molar-refractivity contribution in [1.29, 1.82) is 0 Å². The van der Waals surface area contributed by atoms with Gasteiger partial charge in [-0.3, -0.25) is 0 Å². The summed E-state index contributed by atoms with van der Waals surface area (Å²) < 4.78 is 0. The minimum absolute atomic E-state index is 0.191. The molecule has 0 aromatic carbocycles. The average molecular weight is 256 g/mol. The number of β-amino-alcohol motifs (C(OH)–C–C–N with tert-alkyl or cyclic N) is 1. The molecular weight excluding hydrogens is 224 g/mol. The molecule has 1 heterocycles. The van der Waals surface area contributed by atoms with E-state index in [1.165, 1.54) is 64.5 Å². The molecule has 0 spiro atoms. The van der Waals surface area contributed by atoms with Gasteiger partial charge in [-0.1, -0.05) is 39.0 Å². The van der Waals surface area contributed by atoms with Gasteiger partial charge >= 0.3 is 0 Å². The van der Waals surface area contributed by atoms with Crippen LogP contribution >= 0.6 is 0 Å². The minimum atomic E-state index is -0.191. The second-order valence-corrected chi connectivity index (χ2v) is 5.63. The fourth-order valence-electron chi connectivity index (χ4n) is 2.63. The highest BCUT2D eigenvalue weighted by Gasteiger charge is 2.14. The van der Waals surface area contributed by atoms with E-state index >= 15 is 0 Å². The molecule has 108 valence electrons. The fraction of sp³-hybridized carbons (Fsp3) is 1.00. The molecule has 18 heavy (non-hydrogen) atoms. The van der Waals surface area contributed by atoms with Gasteiger partial charge in [-0.05, 0) is 38.9 Å². The molecule has 0 aromatic rings. The van der Waals surface area contributed by atoms with Gasteiger partial charge in [0.15, 0.2) is 0 Å². The molecule has 0 aliphatic carbocycles. The van der Waals surface area contributed by atoms with Crippen LogP contribution in [0.15, 0.2) is 0 Å². The van der Waals surface area contributed by atoms with E-state index in [0.29, 0.717) is 0 Å². The van der Waals surface area contributed by atoms with Crippen LogP contribution in [0.3, 0.4) is 0 Å². The van der Waals surface area contributed by atoms with Crippen molar-refractivity contribution in [2.45, 2.75) is 64.4 Å². The van der Waals surface area contributed by atoms with Gasteiger partial charge in [-0.2, -0.15) is 0 Å². The number of hydrogen-bond donors (Lipinski definition) is 2. The molecule has 0 radical (unpaired) electrons. The Hall–Kier alpha value is -0.120. The first-order valence-corrected chi connectivity index (χ1v) is 7.94. The summed E-state index contributed by atoms with van der Waals surface area (Å²) in [5, 5.41) is 13.3. The van der Waals surface area contributed by atoms with Gasteiger partial charge in [0.1, 0.15) is 0 Å². The maximum absolute atomic E-state index is 9.88. The van der Waals surface area contributed by atoms with Crippen LogP contribution in [-0.2, 0) is 0 Å². The zero-order valence-corrected chi connectivity index (χ0v) is 12.2. The second-order valence-electron chi connectivity index (χ2n) is 5.63. The average Bonchev–Trinajstić information content (AvgIpc) is 2.85. The number of unbranched alkanes of at least 4 members (excludes halogenated alkanes) is 5. The Morgan fingerprint density at radius 1 is 1.06 bits per heavy atom. The highest BCUT2D eigenvalue weighted by Crippen LogP contribution is 2.07. The lowest BCUT2D eigenvalue weighted by molar-refractivity contribution is 0.123. The largest absolute Gasteiger partial charge is 0.390 e. The molecule has 2 N–H and O–H groups in total. The standard InChI is InChI=1S/C15H32N2O/c1-2-3-4-5-6-7-10-16-13-15(18)14-17-11-8-9-12-17/h15-16,18H,2-14H2,1H3. The van der Waals surface area contributed by atoms with Crippen molar-refractivity contribution in [3.63, 3.8) is 0 Å². The predicted molar refractivity (Wildman–Crippen MR) is 77.9 cm³/mol. The number of aliphatic hydroxyl groups excluding tert-OH is 1. The molecule has 1 unspecified atom stereocenters. The number of nitrogens with one attached hydrogen (secondary N) is 1. The smallest absolute Gasteiger partial charge is 0.0791 e. The van der Waals surface area contributed by atoms with Crippen molar-refractivity contribution >= 4 is 0 Å². The fourth-order valence-corrected chi connectivity index (χ4v) is 2.63. The summed E-state index contributed by atoms with van der Waals surface area (Å²) >= 11 is 0. The lowest BCUT2D eigenvalue weighted by Crippen LogP contribution is -2.37. The molecule has 0 saturated carbocycles. The Labute approximate surface area is 113 Å². The van der Waals surface area contributed by atoms with E-state index in [4.69, 9.17) is 0 Å². The van der Waals surface area contributed by atoms with Crippen LogP contribution in [0, 0.1) is 0 Å². The SMILES string of the molecule is CCCCCCCCNCC(O)CN1CCCC1. The van der Waals surface area contributed by atoms with Crippen LogP contribution < -0.4 is 5.32 Å². The van der Waals surface area contributed by atoms with E-state index in [1.807, 2.05) is 0 Å². The van der Waals surface area contributed by atoms with E-state index in [0.717, 1.165) is 19.6 Å². The normalized spacial score (nSPS) is 18.3. The maximum atomic E-state index is 9.88. The third-order valence-corrected chi connectivity index (χ3v) is 3.75. The van der Waals surface area contributed by atoms with Crippen molar-refractivity contribution in [2.24, 2.45) is 0 Å². The zero-order valence-electron chi connectivity index (χ0n) is 12.2. The van der Waals surface area contributed by atoms with Crippen molar-refractivity contribution in [1.82, 2.24) is 10.2 Å². The summed E-state index contributed by atoms with van der Waals surface area (Å²) in [5.41, 5.74) is 0. The molecule has 1 aliphatic rings. The third kappa shape index (κ3) is 8.06. The summed E-state index contributed by atoms with van der Waals surface area (Å²) in [6.45, 7) is 7.27. The van der Waals surface area contributed by atoms with Crippen molar-refractivity contribution < 1.29 is 5.11 Å². The lowest BCUT2D eigenvalue weighted by Gasteiger charge is -2.19. The molecule has 0 bridgehead atoms. The van der Waals surface area contributed by atoms with Crippen molar-refractivity contribution in [2.75, 3.05) is 32.7 Å². The summed E-state index contributed by atoms with van der Waals surface area (Å²) in [4.78, 5) is 2.37. The van der Waals surface area contributed by atoms with Crippen molar-refractivity contribution in [3.05, 3.63) is 0 Å². The van der Waals surface area contributed by atoms with Crippen LogP contribution in [0.5, 0.6) is 0 Å². The Morgan fingerprint density at radius 3 is 2.44 bits per heavy atom. The number of likely N-dealkylation sites (tertiary alicyclic amines) is 1. The quantitative estimate of drug-likeness (QED) is 0.557. The monoisotopic (exact) mass is 256 g/mol. The van der Waals surface area contributed by atoms with Crippen LogP contribution in [0.4, 0.5) is 0 Å². The van der Waals surface area contributed by atoms with Gasteiger partial charge in [0, 0.05) is 13.1 Å². The molecule has 3 nitrogen and oxygen atoms in total. The third-order valence-electron chi connectivity index (χ3n) is 3.75. The molecule has 1 atom stereocenters. The van der Waals surface area contributed by atoms with Crippen LogP contribution in [0.2, 0.25) is 0 Å². The number of hydrogen-bond acceptors (Lipinski definition) is 3. The molecular formula is C15H32N2O. The van der Waals surface area contributed by atoms with E-state index < -0.39 is 0 Å². The Morgan fingerprint density at radius 2 is 1.72 bits per heavy atom. The summed E-state index contributed by atoms with van der Waals surface area (Å²) in [6, 6.07) is 0. The molecule has 1 rings (SSSR count). The Balaban J connectivity index is 1.81. The van der Waals surface area contributed by atoms with Gasteiger partial charge < -0.3 is 15.3 Å². The van der Waals surface area contributed by atoms with Gasteiger partial charge in [-0.25, -0.2) is 0 Å². The topological polar surface area (TPSA) is 35.5 Å². The van der Waals surface area contributed by atoms with Crippen LogP contribution in [-0.4, -0.2) is 48.8 Å². The highest BCUT2D eigenvalue weighted by molar-refractivity contribution is 4.71. The Kier molecular flexibility index (Phi) is 9.54. The zero-order chi connectivity index (χ0) is 13.1. The van der Waals surface area contributed by atoms with Gasteiger partial charge in [0.05, 0.1) is 6.10 Å². The van der Waals surface area contributed by atoms with E-state index in [9.17, 15) is 5.11 Å². The predicted octanol–water partition coefficient (Wildman–Crippen LogP) is 2.39. The first-order valence-electron chi connectivity index (χ1n) is 7.94.